The van der Waals surface area contributed by atoms with E-state index in [0.29, 0.717) is 58.5 Å². The molecule has 0 amide bonds. The quantitative estimate of drug-likeness (QED) is 0.0369. The Labute approximate surface area is 535 Å². The van der Waals surface area contributed by atoms with E-state index in [1.165, 1.54) is 45.8 Å². The summed E-state index contributed by atoms with van der Waals surface area (Å²) in [5.74, 6) is -3.91. The summed E-state index contributed by atoms with van der Waals surface area (Å²) in [6.45, 7) is 7.79. The summed E-state index contributed by atoms with van der Waals surface area (Å²) in [5, 5.41) is -0.416. The summed E-state index contributed by atoms with van der Waals surface area (Å²) in [6.07, 6.45) is 1.90. The molecule has 4 heterocycles. The fourth-order valence-electron chi connectivity index (χ4n) is 9.87. The predicted octanol–water partition coefficient (Wildman–Crippen LogP) is 13.5. The SMILES string of the molecule is CCOc1cccc(Cn2cc(-c3cc(C)nc(S(=O)(=O)CCC(OCc4ccc(F)cc4F)c4ccccc4)n3)cc(F)c2=O)c1.CCOc1cccc(Cn2cc(-c3cc(C)nc(S(=O)CCC(OCc4ccc(F)cc4F)c4ccccc4)n3)cc(F)c2=O)c1. The molecular formula is C70H64F6N6O9S2. The Bertz CT molecular complexity index is 4510. The molecule has 0 saturated heterocycles. The molecule has 0 aliphatic rings. The van der Waals surface area contributed by atoms with Gasteiger partial charge < -0.3 is 28.1 Å². The number of aromatic nitrogens is 6. The number of ether oxygens (including phenoxy) is 4. The summed E-state index contributed by atoms with van der Waals surface area (Å²) in [7, 11) is -5.78. The van der Waals surface area contributed by atoms with Crippen LogP contribution in [0.5, 0.6) is 11.5 Å². The number of hydrogen-bond donors (Lipinski definition) is 0. The fraction of sp³-hybridized carbons (Fsp3) is 0.229. The van der Waals surface area contributed by atoms with E-state index in [9.17, 15) is 48.6 Å². The minimum atomic E-state index is -4.10. The highest BCUT2D eigenvalue weighted by Gasteiger charge is 2.25. The van der Waals surface area contributed by atoms with Gasteiger partial charge >= 0.3 is 0 Å². The maximum Gasteiger partial charge on any atom is 0.286 e. The molecule has 0 saturated carbocycles. The van der Waals surface area contributed by atoms with E-state index in [2.05, 4.69) is 19.9 Å². The first-order valence-corrected chi connectivity index (χ1v) is 32.5. The monoisotopic (exact) mass is 1310 g/mol. The molecule has 10 aromatic rings. The lowest BCUT2D eigenvalue weighted by Crippen LogP contribution is -2.23. The van der Waals surface area contributed by atoms with Crippen LogP contribution in [0.2, 0.25) is 0 Å². The first kappa shape index (κ1) is 68.0. The number of halogens is 6. The summed E-state index contributed by atoms with van der Waals surface area (Å²) in [5.41, 5.74) is 3.40. The molecule has 482 valence electrons. The van der Waals surface area contributed by atoms with Gasteiger partial charge in [0.05, 0.1) is 79.7 Å². The van der Waals surface area contributed by atoms with Crippen LogP contribution in [-0.2, 0) is 56.4 Å². The average molecular weight is 1310 g/mol. The number of rotatable bonds is 26. The maximum absolute atomic E-state index is 14.9. The second-order valence-corrected chi connectivity index (χ2v) is 24.8. The fourth-order valence-corrected chi connectivity index (χ4v) is 12.2. The normalized spacial score (nSPS) is 12.4. The van der Waals surface area contributed by atoms with Crippen LogP contribution < -0.4 is 20.6 Å². The van der Waals surface area contributed by atoms with Gasteiger partial charge in [-0.25, -0.2) is 54.7 Å². The van der Waals surface area contributed by atoms with Crippen LogP contribution in [0.15, 0.2) is 202 Å². The summed E-state index contributed by atoms with van der Waals surface area (Å²) in [6, 6.07) is 44.1. The zero-order valence-corrected chi connectivity index (χ0v) is 52.6. The number of aryl methyl sites for hydroxylation is 2. The molecule has 0 fully saturated rings. The first-order chi connectivity index (χ1) is 44.7. The van der Waals surface area contributed by atoms with Crippen molar-refractivity contribution in [3.8, 4) is 34.0 Å². The molecule has 0 radical (unpaired) electrons. The third kappa shape index (κ3) is 18.6. The van der Waals surface area contributed by atoms with Crippen LogP contribution in [0.4, 0.5) is 26.3 Å². The predicted molar refractivity (Wildman–Crippen MR) is 339 cm³/mol. The molecule has 93 heavy (non-hydrogen) atoms. The van der Waals surface area contributed by atoms with Gasteiger partial charge in [-0.05, 0) is 123 Å². The van der Waals surface area contributed by atoms with Crippen molar-refractivity contribution in [2.24, 2.45) is 0 Å². The van der Waals surface area contributed by atoms with Crippen molar-refractivity contribution in [2.45, 2.75) is 89.4 Å². The Morgan fingerprint density at radius 3 is 1.44 bits per heavy atom. The zero-order valence-electron chi connectivity index (χ0n) is 51.0. The van der Waals surface area contributed by atoms with Crippen molar-refractivity contribution in [1.29, 1.82) is 0 Å². The minimum Gasteiger partial charge on any atom is -0.494 e. The van der Waals surface area contributed by atoms with E-state index in [4.69, 9.17) is 18.9 Å². The molecule has 15 nitrogen and oxygen atoms in total. The van der Waals surface area contributed by atoms with Gasteiger partial charge in [-0.3, -0.25) is 13.8 Å². The molecule has 23 heteroatoms. The van der Waals surface area contributed by atoms with Gasteiger partial charge in [-0.2, -0.15) is 0 Å². The van der Waals surface area contributed by atoms with Gasteiger partial charge in [0.15, 0.2) is 11.6 Å². The Morgan fingerprint density at radius 1 is 0.505 bits per heavy atom. The third-order valence-electron chi connectivity index (χ3n) is 14.4. The Kier molecular flexibility index (Phi) is 23.2. The van der Waals surface area contributed by atoms with Crippen molar-refractivity contribution < 1.29 is 57.9 Å². The topological polar surface area (TPSA) is 184 Å². The lowest BCUT2D eigenvalue weighted by molar-refractivity contribution is 0.0360. The average Bonchev–Trinajstić information content (AvgIpc) is 1.15. The van der Waals surface area contributed by atoms with E-state index in [0.717, 1.165) is 41.5 Å². The lowest BCUT2D eigenvalue weighted by Gasteiger charge is -2.19. The molecule has 0 bridgehead atoms. The van der Waals surface area contributed by atoms with Crippen LogP contribution >= 0.6 is 0 Å². The van der Waals surface area contributed by atoms with Crippen molar-refractivity contribution in [1.82, 2.24) is 29.1 Å². The zero-order chi connectivity index (χ0) is 66.2. The maximum atomic E-state index is 14.9. The lowest BCUT2D eigenvalue weighted by atomic mass is 10.1. The van der Waals surface area contributed by atoms with Gasteiger partial charge in [0, 0.05) is 63.9 Å². The Hall–Kier alpha value is -9.42. The van der Waals surface area contributed by atoms with Crippen molar-refractivity contribution in [3.05, 3.63) is 283 Å². The van der Waals surface area contributed by atoms with Gasteiger partial charge in [0.2, 0.25) is 20.2 Å². The molecule has 3 atom stereocenters. The number of benzene rings is 6. The second-order valence-electron chi connectivity index (χ2n) is 21.4. The molecule has 0 spiro atoms. The van der Waals surface area contributed by atoms with Crippen LogP contribution in [0.25, 0.3) is 22.5 Å². The van der Waals surface area contributed by atoms with Gasteiger partial charge in [-0.15, -0.1) is 0 Å². The van der Waals surface area contributed by atoms with E-state index in [-0.39, 0.29) is 72.4 Å². The highest BCUT2D eigenvalue weighted by Crippen LogP contribution is 2.29. The van der Waals surface area contributed by atoms with Crippen molar-refractivity contribution in [3.63, 3.8) is 0 Å². The highest BCUT2D eigenvalue weighted by molar-refractivity contribution is 7.91. The van der Waals surface area contributed by atoms with Crippen LogP contribution in [0.3, 0.4) is 0 Å². The standard InChI is InChI=1S/C35H32F3N3O5S.C35H32F3N3O4S/c1-3-45-29-11-7-8-24(17-29)20-41-21-27(18-31(38)34(41)42)32-16-23(2)39-35(40-32)47(43,44)15-14-33(25-9-5-4-6-10-25)46-22-26-12-13-28(36)19-30(26)37;1-3-44-29-11-7-8-24(17-29)20-41-21-27(18-31(38)34(41)42)32-16-23(2)39-35(40-32)46(43)15-14-33(25-9-5-4-6-10-25)45-22-26-12-13-28(36)19-30(26)37/h4-13,16-19,21,33H,3,14-15,20,22H2,1-2H3;4-13,16-19,21,33H,3,14-15,20,22H2,1-2H3. The van der Waals surface area contributed by atoms with Crippen LogP contribution in [-0.4, -0.2) is 66.4 Å². The van der Waals surface area contributed by atoms with E-state index >= 15 is 0 Å². The highest BCUT2D eigenvalue weighted by atomic mass is 32.2. The summed E-state index contributed by atoms with van der Waals surface area (Å²) >= 11 is 0. The van der Waals surface area contributed by atoms with Crippen LogP contribution in [0.1, 0.15) is 83.7 Å². The first-order valence-electron chi connectivity index (χ1n) is 29.5. The smallest absolute Gasteiger partial charge is 0.286 e. The Balaban J connectivity index is 0.000000219. The van der Waals surface area contributed by atoms with Gasteiger partial charge in [0.1, 0.15) is 34.8 Å². The third-order valence-corrected chi connectivity index (χ3v) is 17.1. The molecule has 0 N–H and O–H groups in total. The van der Waals surface area contributed by atoms with Gasteiger partial charge in [0.25, 0.3) is 11.1 Å². The van der Waals surface area contributed by atoms with Gasteiger partial charge in [-0.1, -0.05) is 97.1 Å². The molecular weight excluding hydrogens is 1250 g/mol. The summed E-state index contributed by atoms with van der Waals surface area (Å²) < 4.78 is 151. The van der Waals surface area contributed by atoms with E-state index in [1.807, 2.05) is 50.2 Å². The number of nitrogens with zero attached hydrogens (tertiary/aromatic N) is 6. The van der Waals surface area contributed by atoms with Crippen molar-refractivity contribution in [2.75, 3.05) is 24.7 Å². The summed E-state index contributed by atoms with van der Waals surface area (Å²) in [4.78, 5) is 42.6. The molecule has 4 aromatic heterocycles. The molecule has 0 aliphatic carbocycles. The molecule has 6 aromatic carbocycles. The number of hydrogen-bond acceptors (Lipinski definition) is 13. The molecule has 0 aliphatic heterocycles. The number of pyridine rings is 2. The van der Waals surface area contributed by atoms with E-state index in [1.54, 1.807) is 92.7 Å². The number of sulfone groups is 1. The molecule has 10 rings (SSSR count). The second kappa shape index (κ2) is 31.7. The van der Waals surface area contributed by atoms with E-state index < -0.39 is 89.8 Å². The minimum absolute atomic E-state index is 0.0257. The Morgan fingerprint density at radius 2 is 0.968 bits per heavy atom. The van der Waals surface area contributed by atoms with Crippen molar-refractivity contribution >= 4 is 20.6 Å². The van der Waals surface area contributed by atoms with Crippen LogP contribution in [0, 0.1) is 48.8 Å². The molecule has 3 unspecified atom stereocenters. The largest absolute Gasteiger partial charge is 0.494 e.